The molecule has 4 nitrogen and oxygen atoms in total. The Morgan fingerprint density at radius 3 is 2.20 bits per heavy atom. The van der Waals surface area contributed by atoms with Gasteiger partial charge in [0.1, 0.15) is 0 Å². The van der Waals surface area contributed by atoms with E-state index in [1.54, 1.807) is 13.3 Å². The van der Waals surface area contributed by atoms with Crippen LogP contribution in [-0.2, 0) is 22.1 Å². The summed E-state index contributed by atoms with van der Waals surface area (Å²) >= 11 is 0. The number of aliphatic hydroxyl groups is 1. The van der Waals surface area contributed by atoms with Crippen LogP contribution in [0.5, 0.6) is 0 Å². The molecule has 1 fully saturated rings. The van der Waals surface area contributed by atoms with Gasteiger partial charge in [0.05, 0.1) is 0 Å². The third kappa shape index (κ3) is 4.52. The number of hydrogen-bond acceptors (Lipinski definition) is 3. The summed E-state index contributed by atoms with van der Waals surface area (Å²) in [7, 11) is -0.999. The molecule has 1 saturated heterocycles. The summed E-state index contributed by atoms with van der Waals surface area (Å²) in [4.78, 5) is 3.08. The van der Waals surface area contributed by atoms with Crippen molar-refractivity contribution in [3.8, 4) is 0 Å². The molecular weight excluding hydrogens is 494 g/mol. The Bertz CT molecular complexity index is 1120. The average Bonchev–Trinajstić information content (AvgIpc) is 2.81. The first-order valence-corrected chi connectivity index (χ1v) is 13.4. The zero-order valence-corrected chi connectivity index (χ0v) is 20.1. The van der Waals surface area contributed by atoms with E-state index in [4.69, 9.17) is 0 Å². The molecule has 0 aromatic heterocycles. The first kappa shape index (κ1) is 26.1. The number of nitrogens with one attached hydrogen (secondary N) is 1. The molecule has 0 radical (unpaired) electrons. The van der Waals surface area contributed by atoms with Crippen LogP contribution in [0, 0.1) is 0 Å². The fraction of sp³-hybridized carbons (Fsp3) is 0.500. The smallest absolute Gasteiger partial charge is 0.369 e. The van der Waals surface area contributed by atoms with Crippen molar-refractivity contribution in [3.63, 3.8) is 0 Å². The van der Waals surface area contributed by atoms with E-state index in [1.165, 1.54) is 12.1 Å². The molecule has 2 atom stereocenters. The molecule has 194 valence electrons. The quantitative estimate of drug-likeness (QED) is 0.406. The molecular formula is C24H28F6N2O2S. The van der Waals surface area contributed by atoms with E-state index in [0.29, 0.717) is 12.0 Å². The van der Waals surface area contributed by atoms with Gasteiger partial charge < -0.3 is 5.11 Å². The van der Waals surface area contributed by atoms with Crippen molar-refractivity contribution in [3.05, 3.63) is 64.7 Å². The average molecular weight is 523 g/mol. The van der Waals surface area contributed by atoms with Gasteiger partial charge in [-0.3, -0.25) is 13.8 Å². The molecule has 11 heteroatoms. The molecule has 2 aromatic rings. The second-order valence-electron chi connectivity index (χ2n) is 9.38. The normalized spacial score (nSPS) is 22.4. The fourth-order valence-electron chi connectivity index (χ4n) is 5.18. The van der Waals surface area contributed by atoms with Crippen LogP contribution in [0.3, 0.4) is 0 Å². The molecule has 35 heavy (non-hydrogen) atoms. The number of piperidine rings is 1. The summed E-state index contributed by atoms with van der Waals surface area (Å²) in [6.45, 7) is 1.57. The summed E-state index contributed by atoms with van der Waals surface area (Å²) in [5.74, 6) is -0.0598. The van der Waals surface area contributed by atoms with E-state index in [-0.39, 0.29) is 12.0 Å². The Morgan fingerprint density at radius 2 is 1.63 bits per heavy atom. The first-order chi connectivity index (χ1) is 16.2. The van der Waals surface area contributed by atoms with Crippen molar-refractivity contribution in [2.24, 2.45) is 0 Å². The highest BCUT2D eigenvalue weighted by Crippen LogP contribution is 2.50. The Labute approximate surface area is 200 Å². The van der Waals surface area contributed by atoms with Crippen LogP contribution in [0.25, 0.3) is 0 Å². The minimum Gasteiger partial charge on any atom is -0.369 e. The minimum atomic E-state index is -5.90. The highest BCUT2D eigenvalue weighted by atomic mass is 32.3. The maximum atomic E-state index is 13.2. The van der Waals surface area contributed by atoms with Gasteiger partial charge >= 0.3 is 12.4 Å². The Morgan fingerprint density at radius 1 is 1.00 bits per heavy atom. The zero-order chi connectivity index (χ0) is 25.8. The van der Waals surface area contributed by atoms with Crippen LogP contribution in [-0.4, -0.2) is 53.0 Å². The monoisotopic (exact) mass is 522 g/mol. The molecule has 0 amide bonds. The number of nitrogens with zero attached hydrogens (tertiary/aromatic N) is 1. The van der Waals surface area contributed by atoms with Gasteiger partial charge in [-0.2, -0.15) is 26.3 Å². The minimum absolute atomic E-state index is 0.0549. The van der Waals surface area contributed by atoms with E-state index in [1.807, 2.05) is 18.2 Å². The number of thiol groups is 1. The first-order valence-electron chi connectivity index (χ1n) is 11.3. The van der Waals surface area contributed by atoms with Crippen LogP contribution in [0.2, 0.25) is 0 Å². The van der Waals surface area contributed by atoms with Crippen molar-refractivity contribution < 1.29 is 35.7 Å². The largest absolute Gasteiger partial charge is 0.430 e. The number of halogens is 6. The van der Waals surface area contributed by atoms with E-state index in [2.05, 4.69) is 9.62 Å². The van der Waals surface area contributed by atoms with Crippen molar-refractivity contribution in [2.45, 2.75) is 54.1 Å². The van der Waals surface area contributed by atoms with Crippen molar-refractivity contribution >= 4 is 10.1 Å². The topological polar surface area (TPSA) is 52.6 Å². The summed E-state index contributed by atoms with van der Waals surface area (Å²) in [6.07, 6.45) is -7.95. The SMILES string of the molecule is CN[SH](C)(=O)c1ccc2c(c1)CCN1CCC(c3ccc(C(O)(C(F)(F)F)C(F)(F)F)cc3)CC21. The van der Waals surface area contributed by atoms with Crippen molar-refractivity contribution in [1.82, 2.24) is 9.62 Å². The van der Waals surface area contributed by atoms with Crippen LogP contribution in [0.1, 0.15) is 47.1 Å². The van der Waals surface area contributed by atoms with Gasteiger partial charge in [-0.25, -0.2) is 0 Å². The second-order valence-corrected chi connectivity index (χ2v) is 12.2. The summed E-state index contributed by atoms with van der Waals surface area (Å²) in [5, 5.41) is 9.64. The van der Waals surface area contributed by atoms with E-state index in [0.717, 1.165) is 54.1 Å². The van der Waals surface area contributed by atoms with Gasteiger partial charge in [0.15, 0.2) is 0 Å². The zero-order valence-electron chi connectivity index (χ0n) is 19.2. The molecule has 0 bridgehead atoms. The molecule has 2 N–H and O–H groups in total. The lowest BCUT2D eigenvalue weighted by Gasteiger charge is -2.44. The Balaban J connectivity index is 1.60. The number of alkyl halides is 6. The van der Waals surface area contributed by atoms with Crippen molar-refractivity contribution in [2.75, 3.05) is 26.4 Å². The van der Waals surface area contributed by atoms with Gasteiger partial charge in [0.25, 0.3) is 5.60 Å². The lowest BCUT2D eigenvalue weighted by atomic mass is 9.79. The van der Waals surface area contributed by atoms with Crippen LogP contribution >= 0.6 is 0 Å². The molecule has 2 unspecified atom stereocenters. The summed E-state index contributed by atoms with van der Waals surface area (Å²) < 4.78 is 94.8. The lowest BCUT2D eigenvalue weighted by molar-refractivity contribution is -0.376. The molecule has 0 aliphatic carbocycles. The summed E-state index contributed by atoms with van der Waals surface area (Å²) in [5.41, 5.74) is -3.31. The Kier molecular flexibility index (Phi) is 6.61. The van der Waals surface area contributed by atoms with Gasteiger partial charge in [-0.1, -0.05) is 30.3 Å². The van der Waals surface area contributed by atoms with E-state index >= 15 is 0 Å². The van der Waals surface area contributed by atoms with E-state index in [9.17, 15) is 35.7 Å². The van der Waals surface area contributed by atoms with Gasteiger partial charge in [0, 0.05) is 29.3 Å². The Hall–Kier alpha value is -1.95. The third-order valence-corrected chi connectivity index (χ3v) is 9.52. The standard InChI is InChI=1S/C24H28F6N2O2S/c1-31-35(2,34)19-7-8-20-17(13-19)10-12-32-11-9-16(14-21(20)32)15-3-5-18(6-4-15)22(33,23(25,26)27)24(28,29)30/h3-8,13,16,21,33,35H,9-12,14H2,1-2H3,(H,31,34). The van der Waals surface area contributed by atoms with Gasteiger partial charge in [0.2, 0.25) is 0 Å². The predicted molar refractivity (Wildman–Crippen MR) is 122 cm³/mol. The van der Waals surface area contributed by atoms with Gasteiger partial charge in [-0.15, -0.1) is 0 Å². The molecule has 2 heterocycles. The molecule has 0 spiro atoms. The van der Waals surface area contributed by atoms with Crippen LogP contribution in [0.15, 0.2) is 47.4 Å². The molecule has 2 aromatic carbocycles. The summed E-state index contributed by atoms with van der Waals surface area (Å²) in [6, 6.07) is 9.81. The number of rotatable bonds is 4. The van der Waals surface area contributed by atoms with Gasteiger partial charge in [-0.05, 0) is 77.7 Å². The van der Waals surface area contributed by atoms with Crippen molar-refractivity contribution in [1.29, 1.82) is 0 Å². The maximum absolute atomic E-state index is 13.2. The predicted octanol–water partition coefficient (Wildman–Crippen LogP) is 4.62. The highest BCUT2D eigenvalue weighted by molar-refractivity contribution is 8.00. The fourth-order valence-corrected chi connectivity index (χ4v) is 6.20. The molecule has 0 saturated carbocycles. The number of hydrogen-bond donors (Lipinski definition) is 3. The number of benzene rings is 2. The molecule has 2 aliphatic rings. The third-order valence-electron chi connectivity index (χ3n) is 7.41. The second kappa shape index (κ2) is 8.86. The van der Waals surface area contributed by atoms with Crippen LogP contribution < -0.4 is 4.72 Å². The van der Waals surface area contributed by atoms with E-state index < -0.39 is 33.6 Å². The highest BCUT2D eigenvalue weighted by Gasteiger charge is 2.71. The molecule has 2 aliphatic heterocycles. The lowest BCUT2D eigenvalue weighted by Crippen LogP contribution is -2.53. The molecule has 4 rings (SSSR count). The van der Waals surface area contributed by atoms with Crippen LogP contribution in [0.4, 0.5) is 26.3 Å². The number of fused-ring (bicyclic) bond motifs is 3. The maximum Gasteiger partial charge on any atom is 0.430 e.